The van der Waals surface area contributed by atoms with Crippen molar-refractivity contribution in [3.8, 4) is 0 Å². The number of carbonyl (C=O) groups excluding carboxylic acids is 1. The van der Waals surface area contributed by atoms with E-state index in [-0.39, 0.29) is 17.6 Å². The highest BCUT2D eigenvalue weighted by atomic mass is 32.1. The number of aromatic nitrogens is 1. The fourth-order valence-electron chi connectivity index (χ4n) is 1.60. The standard InChI is InChI=1S/C13H14FN3OS/c1-7-6-16-13(19-7)8(2)17-12(18)9-3-4-10(14)11(15)5-9/h3-6,8H,15H2,1-2H3,(H,17,18). The third kappa shape index (κ3) is 3.08. The SMILES string of the molecule is Cc1cnc(C(C)NC(=O)c2ccc(F)c(N)c2)s1. The molecular formula is C13H14FN3OS. The van der Waals surface area contributed by atoms with Crippen LogP contribution >= 0.6 is 11.3 Å². The molecule has 2 aromatic rings. The maximum absolute atomic E-state index is 13.0. The molecule has 1 heterocycles. The Morgan fingerprint density at radius 1 is 1.53 bits per heavy atom. The van der Waals surface area contributed by atoms with Crippen LogP contribution in [0.3, 0.4) is 0 Å². The number of nitrogens with one attached hydrogen (secondary N) is 1. The van der Waals surface area contributed by atoms with Gasteiger partial charge in [-0.25, -0.2) is 9.37 Å². The van der Waals surface area contributed by atoms with E-state index in [1.807, 2.05) is 13.8 Å². The predicted molar refractivity (Wildman–Crippen MR) is 73.5 cm³/mol. The first-order valence-corrected chi connectivity index (χ1v) is 6.57. The molecule has 0 aliphatic heterocycles. The van der Waals surface area contributed by atoms with Gasteiger partial charge in [-0.15, -0.1) is 11.3 Å². The zero-order valence-electron chi connectivity index (χ0n) is 10.6. The van der Waals surface area contributed by atoms with Gasteiger partial charge in [0.05, 0.1) is 11.7 Å². The van der Waals surface area contributed by atoms with Gasteiger partial charge in [-0.3, -0.25) is 4.79 Å². The number of nitrogens with zero attached hydrogens (tertiary/aromatic N) is 1. The van der Waals surface area contributed by atoms with Crippen LogP contribution in [0.4, 0.5) is 10.1 Å². The average molecular weight is 279 g/mol. The molecule has 0 saturated heterocycles. The molecule has 0 bridgehead atoms. The maximum Gasteiger partial charge on any atom is 0.251 e. The van der Waals surface area contributed by atoms with Crippen LogP contribution in [-0.2, 0) is 0 Å². The van der Waals surface area contributed by atoms with Crippen LogP contribution in [0.1, 0.15) is 33.2 Å². The molecule has 1 unspecified atom stereocenters. The number of hydrogen-bond acceptors (Lipinski definition) is 4. The molecular weight excluding hydrogens is 265 g/mol. The lowest BCUT2D eigenvalue weighted by molar-refractivity contribution is 0.0940. The quantitative estimate of drug-likeness (QED) is 0.849. The summed E-state index contributed by atoms with van der Waals surface area (Å²) in [6.07, 6.45) is 1.76. The number of benzene rings is 1. The summed E-state index contributed by atoms with van der Waals surface area (Å²) in [4.78, 5) is 17.3. The lowest BCUT2D eigenvalue weighted by Gasteiger charge is -2.11. The largest absolute Gasteiger partial charge is 0.396 e. The van der Waals surface area contributed by atoms with Crippen molar-refractivity contribution in [3.05, 3.63) is 45.7 Å². The van der Waals surface area contributed by atoms with E-state index in [0.29, 0.717) is 5.56 Å². The predicted octanol–water partition coefficient (Wildman–Crippen LogP) is 2.66. The number of amides is 1. The molecule has 1 aromatic carbocycles. The summed E-state index contributed by atoms with van der Waals surface area (Å²) in [7, 11) is 0. The number of anilines is 1. The molecule has 1 aromatic heterocycles. The van der Waals surface area contributed by atoms with Crippen molar-refractivity contribution in [2.45, 2.75) is 19.9 Å². The first-order valence-electron chi connectivity index (χ1n) is 5.75. The highest BCUT2D eigenvalue weighted by Crippen LogP contribution is 2.20. The molecule has 1 amide bonds. The van der Waals surface area contributed by atoms with E-state index in [1.165, 1.54) is 29.5 Å². The van der Waals surface area contributed by atoms with Crippen LogP contribution in [0.15, 0.2) is 24.4 Å². The normalized spacial score (nSPS) is 12.2. The lowest BCUT2D eigenvalue weighted by atomic mass is 10.1. The van der Waals surface area contributed by atoms with Gasteiger partial charge >= 0.3 is 0 Å². The summed E-state index contributed by atoms with van der Waals surface area (Å²) in [6.45, 7) is 3.80. The molecule has 0 saturated carbocycles. The topological polar surface area (TPSA) is 68.0 Å². The highest BCUT2D eigenvalue weighted by molar-refractivity contribution is 7.11. The van der Waals surface area contributed by atoms with E-state index in [9.17, 15) is 9.18 Å². The summed E-state index contributed by atoms with van der Waals surface area (Å²) in [5, 5.41) is 3.64. The van der Waals surface area contributed by atoms with Crippen LogP contribution in [-0.4, -0.2) is 10.9 Å². The van der Waals surface area contributed by atoms with Gasteiger partial charge in [0, 0.05) is 16.6 Å². The zero-order valence-corrected chi connectivity index (χ0v) is 11.4. The van der Waals surface area contributed by atoms with Crippen molar-refractivity contribution < 1.29 is 9.18 Å². The Balaban J connectivity index is 2.10. The highest BCUT2D eigenvalue weighted by Gasteiger charge is 2.14. The van der Waals surface area contributed by atoms with E-state index in [2.05, 4.69) is 10.3 Å². The number of hydrogen-bond donors (Lipinski definition) is 2. The average Bonchev–Trinajstić information content (AvgIpc) is 2.79. The Morgan fingerprint density at radius 2 is 2.26 bits per heavy atom. The maximum atomic E-state index is 13.0. The molecule has 100 valence electrons. The third-order valence-electron chi connectivity index (χ3n) is 2.62. The molecule has 0 aliphatic carbocycles. The molecule has 0 fully saturated rings. The Bertz CT molecular complexity index is 612. The van der Waals surface area contributed by atoms with Gasteiger partial charge in [-0.1, -0.05) is 0 Å². The number of aryl methyl sites for hydroxylation is 1. The van der Waals surface area contributed by atoms with E-state index in [4.69, 9.17) is 5.73 Å². The van der Waals surface area contributed by atoms with E-state index in [0.717, 1.165) is 9.88 Å². The van der Waals surface area contributed by atoms with Gasteiger partial charge in [0.2, 0.25) is 0 Å². The van der Waals surface area contributed by atoms with Crippen LogP contribution in [0.2, 0.25) is 0 Å². The van der Waals surface area contributed by atoms with Crippen molar-refractivity contribution >= 4 is 22.9 Å². The molecule has 3 N–H and O–H groups in total. The Hall–Kier alpha value is -1.95. The van der Waals surface area contributed by atoms with Gasteiger partial charge in [0.25, 0.3) is 5.91 Å². The first kappa shape index (κ1) is 13.5. The molecule has 19 heavy (non-hydrogen) atoms. The molecule has 0 aliphatic rings. The Morgan fingerprint density at radius 3 is 2.84 bits per heavy atom. The van der Waals surface area contributed by atoms with Gasteiger partial charge in [0.15, 0.2) is 0 Å². The molecule has 0 radical (unpaired) electrons. The van der Waals surface area contributed by atoms with Gasteiger partial charge in [0.1, 0.15) is 10.8 Å². The number of rotatable bonds is 3. The minimum Gasteiger partial charge on any atom is -0.396 e. The smallest absolute Gasteiger partial charge is 0.251 e. The minimum atomic E-state index is -0.528. The van der Waals surface area contributed by atoms with E-state index in [1.54, 1.807) is 6.20 Å². The van der Waals surface area contributed by atoms with Gasteiger partial charge < -0.3 is 11.1 Å². The number of carbonyl (C=O) groups is 1. The zero-order chi connectivity index (χ0) is 14.0. The number of halogens is 1. The minimum absolute atomic E-state index is 0.0367. The summed E-state index contributed by atoms with van der Waals surface area (Å²) in [5.41, 5.74) is 5.73. The summed E-state index contributed by atoms with van der Waals surface area (Å²) in [6, 6.07) is 3.71. The molecule has 6 heteroatoms. The number of thiazole rings is 1. The summed E-state index contributed by atoms with van der Waals surface area (Å²) >= 11 is 1.53. The first-order chi connectivity index (χ1) is 8.97. The number of nitrogen functional groups attached to an aromatic ring is 1. The van der Waals surface area contributed by atoms with Crippen molar-refractivity contribution in [1.29, 1.82) is 0 Å². The van der Waals surface area contributed by atoms with Crippen molar-refractivity contribution in [2.75, 3.05) is 5.73 Å². The fourth-order valence-corrected chi connectivity index (χ4v) is 2.38. The monoisotopic (exact) mass is 279 g/mol. The van der Waals surface area contributed by atoms with Crippen molar-refractivity contribution in [1.82, 2.24) is 10.3 Å². The molecule has 4 nitrogen and oxygen atoms in total. The number of nitrogens with two attached hydrogens (primary N) is 1. The molecule has 1 atom stereocenters. The molecule has 2 rings (SSSR count). The Labute approximate surface area is 114 Å². The van der Waals surface area contributed by atoms with Crippen LogP contribution in [0.5, 0.6) is 0 Å². The van der Waals surface area contributed by atoms with Crippen molar-refractivity contribution in [3.63, 3.8) is 0 Å². The Kier molecular flexibility index (Phi) is 3.80. The lowest BCUT2D eigenvalue weighted by Crippen LogP contribution is -2.26. The van der Waals surface area contributed by atoms with Crippen molar-refractivity contribution in [2.24, 2.45) is 0 Å². The molecule has 0 spiro atoms. The van der Waals surface area contributed by atoms with E-state index >= 15 is 0 Å². The second kappa shape index (κ2) is 5.36. The van der Waals surface area contributed by atoms with Crippen LogP contribution in [0, 0.1) is 12.7 Å². The van der Waals surface area contributed by atoms with Gasteiger partial charge in [-0.2, -0.15) is 0 Å². The van der Waals surface area contributed by atoms with Crippen LogP contribution in [0.25, 0.3) is 0 Å². The fraction of sp³-hybridized carbons (Fsp3) is 0.231. The summed E-state index contributed by atoms with van der Waals surface area (Å²) in [5.74, 6) is -0.827. The van der Waals surface area contributed by atoms with Crippen LogP contribution < -0.4 is 11.1 Å². The second-order valence-corrected chi connectivity index (χ2v) is 5.51. The third-order valence-corrected chi connectivity index (χ3v) is 3.71. The second-order valence-electron chi connectivity index (χ2n) is 4.24. The van der Waals surface area contributed by atoms with Gasteiger partial charge in [-0.05, 0) is 32.0 Å². The summed E-state index contributed by atoms with van der Waals surface area (Å²) < 4.78 is 13.0. The van der Waals surface area contributed by atoms with E-state index < -0.39 is 5.82 Å².